The summed E-state index contributed by atoms with van der Waals surface area (Å²) in [5.74, 6) is 0.0323. The van der Waals surface area contributed by atoms with E-state index in [-0.39, 0.29) is 5.82 Å². The van der Waals surface area contributed by atoms with E-state index in [1.807, 2.05) is 6.07 Å². The Hall–Kier alpha value is -1.25. The second-order valence-corrected chi connectivity index (χ2v) is 3.51. The van der Waals surface area contributed by atoms with E-state index in [9.17, 15) is 4.39 Å². The molecule has 14 heavy (non-hydrogen) atoms. The predicted octanol–water partition coefficient (Wildman–Crippen LogP) is 2.43. The molecule has 0 unspecified atom stereocenters. The van der Waals surface area contributed by atoms with Crippen molar-refractivity contribution in [2.75, 3.05) is 25.1 Å². The number of hydrogen-bond donors (Lipinski definition) is 0. The predicted molar refractivity (Wildman–Crippen MR) is 54.4 cm³/mol. The molecule has 1 aliphatic heterocycles. The highest BCUT2D eigenvalue weighted by molar-refractivity contribution is 5.51. The molecule has 1 aliphatic rings. The number of benzene rings is 1. The minimum atomic E-state index is -0.296. The Labute approximate surface area is 83.3 Å². The molecule has 1 heterocycles. The standard InChI is InChI=1S/C11H14FNO/c1-14-11-8-9(4-5-10(11)12)13-6-2-3-7-13/h4-5,8H,2-3,6-7H2,1H3. The first-order valence-corrected chi connectivity index (χ1v) is 4.90. The first-order chi connectivity index (χ1) is 6.81. The molecule has 0 spiro atoms. The Morgan fingerprint density at radius 2 is 2.00 bits per heavy atom. The summed E-state index contributed by atoms with van der Waals surface area (Å²) < 4.78 is 18.1. The van der Waals surface area contributed by atoms with Crippen LogP contribution in [0, 0.1) is 5.82 Å². The van der Waals surface area contributed by atoms with Crippen molar-refractivity contribution in [1.82, 2.24) is 0 Å². The molecule has 1 saturated heterocycles. The lowest BCUT2D eigenvalue weighted by Crippen LogP contribution is -2.17. The average molecular weight is 195 g/mol. The van der Waals surface area contributed by atoms with Crippen LogP contribution in [0.5, 0.6) is 5.75 Å². The first-order valence-electron chi connectivity index (χ1n) is 4.90. The Morgan fingerprint density at radius 3 is 2.64 bits per heavy atom. The molecule has 0 radical (unpaired) electrons. The molecule has 1 aromatic rings. The number of methoxy groups -OCH3 is 1. The first kappa shape index (κ1) is 9.31. The van der Waals surface area contributed by atoms with Crippen LogP contribution >= 0.6 is 0 Å². The van der Waals surface area contributed by atoms with Gasteiger partial charge in [-0.3, -0.25) is 0 Å². The third kappa shape index (κ3) is 1.67. The van der Waals surface area contributed by atoms with Gasteiger partial charge in [0.25, 0.3) is 0 Å². The van der Waals surface area contributed by atoms with Crippen LogP contribution in [0.15, 0.2) is 18.2 Å². The van der Waals surface area contributed by atoms with E-state index in [4.69, 9.17) is 4.74 Å². The maximum Gasteiger partial charge on any atom is 0.165 e. The minimum absolute atomic E-state index is 0.296. The van der Waals surface area contributed by atoms with E-state index >= 15 is 0 Å². The van der Waals surface area contributed by atoms with Gasteiger partial charge in [0, 0.05) is 24.8 Å². The molecule has 0 aliphatic carbocycles. The SMILES string of the molecule is COc1cc(N2CCCC2)ccc1F. The molecule has 1 fully saturated rings. The molecule has 2 rings (SSSR count). The van der Waals surface area contributed by atoms with Crippen molar-refractivity contribution < 1.29 is 9.13 Å². The summed E-state index contributed by atoms with van der Waals surface area (Å²) >= 11 is 0. The molecular formula is C11H14FNO. The fraction of sp³-hybridized carbons (Fsp3) is 0.455. The monoisotopic (exact) mass is 195 g/mol. The zero-order chi connectivity index (χ0) is 9.97. The van der Waals surface area contributed by atoms with Crippen molar-refractivity contribution in [3.05, 3.63) is 24.0 Å². The highest BCUT2D eigenvalue weighted by Crippen LogP contribution is 2.26. The van der Waals surface area contributed by atoms with Crippen LogP contribution in [0.25, 0.3) is 0 Å². The highest BCUT2D eigenvalue weighted by atomic mass is 19.1. The van der Waals surface area contributed by atoms with Crippen LogP contribution in [0.2, 0.25) is 0 Å². The molecule has 0 N–H and O–H groups in total. The van der Waals surface area contributed by atoms with Crippen LogP contribution in [0.1, 0.15) is 12.8 Å². The van der Waals surface area contributed by atoms with Crippen molar-refractivity contribution in [2.45, 2.75) is 12.8 Å². The molecular weight excluding hydrogens is 181 g/mol. The topological polar surface area (TPSA) is 12.5 Å². The zero-order valence-electron chi connectivity index (χ0n) is 8.29. The number of nitrogens with zero attached hydrogens (tertiary/aromatic N) is 1. The fourth-order valence-corrected chi connectivity index (χ4v) is 1.82. The van der Waals surface area contributed by atoms with E-state index in [1.54, 1.807) is 6.07 Å². The lowest BCUT2D eigenvalue weighted by atomic mass is 10.2. The minimum Gasteiger partial charge on any atom is -0.494 e. The van der Waals surface area contributed by atoms with E-state index in [0.29, 0.717) is 5.75 Å². The molecule has 3 heteroatoms. The Kier molecular flexibility index (Phi) is 2.57. The summed E-state index contributed by atoms with van der Waals surface area (Å²) in [7, 11) is 1.49. The van der Waals surface area contributed by atoms with E-state index < -0.39 is 0 Å². The Balaban J connectivity index is 2.25. The number of hydrogen-bond acceptors (Lipinski definition) is 2. The Morgan fingerprint density at radius 1 is 1.29 bits per heavy atom. The van der Waals surface area contributed by atoms with Gasteiger partial charge < -0.3 is 9.64 Å². The van der Waals surface area contributed by atoms with E-state index in [1.165, 1.54) is 26.0 Å². The number of anilines is 1. The smallest absolute Gasteiger partial charge is 0.165 e. The van der Waals surface area contributed by atoms with E-state index in [0.717, 1.165) is 18.8 Å². The van der Waals surface area contributed by atoms with Crippen LogP contribution in [0.4, 0.5) is 10.1 Å². The van der Waals surface area contributed by atoms with Gasteiger partial charge in [0.15, 0.2) is 11.6 Å². The van der Waals surface area contributed by atoms with Crippen molar-refractivity contribution in [3.63, 3.8) is 0 Å². The number of rotatable bonds is 2. The summed E-state index contributed by atoms with van der Waals surface area (Å²) in [6.45, 7) is 2.13. The summed E-state index contributed by atoms with van der Waals surface area (Å²) in [6, 6.07) is 5.04. The summed E-state index contributed by atoms with van der Waals surface area (Å²) in [5, 5.41) is 0. The maximum absolute atomic E-state index is 13.1. The van der Waals surface area contributed by atoms with E-state index in [2.05, 4.69) is 4.90 Å². The van der Waals surface area contributed by atoms with Crippen molar-refractivity contribution in [2.24, 2.45) is 0 Å². The lowest BCUT2D eigenvalue weighted by molar-refractivity contribution is 0.386. The van der Waals surface area contributed by atoms with Gasteiger partial charge in [-0.1, -0.05) is 0 Å². The summed E-state index contributed by atoms with van der Waals surface area (Å²) in [5.41, 5.74) is 1.06. The molecule has 0 amide bonds. The zero-order valence-corrected chi connectivity index (χ0v) is 8.29. The second kappa shape index (κ2) is 3.86. The molecule has 0 aromatic heterocycles. The van der Waals surface area contributed by atoms with Crippen LogP contribution in [-0.2, 0) is 0 Å². The van der Waals surface area contributed by atoms with Crippen molar-refractivity contribution in [1.29, 1.82) is 0 Å². The molecule has 0 saturated carbocycles. The maximum atomic E-state index is 13.1. The van der Waals surface area contributed by atoms with Gasteiger partial charge in [0.1, 0.15) is 0 Å². The number of halogens is 1. The lowest BCUT2D eigenvalue weighted by Gasteiger charge is -2.18. The molecule has 0 atom stereocenters. The normalized spacial score (nSPS) is 16.0. The van der Waals surface area contributed by atoms with Crippen LogP contribution in [-0.4, -0.2) is 20.2 Å². The van der Waals surface area contributed by atoms with Gasteiger partial charge in [0.2, 0.25) is 0 Å². The van der Waals surface area contributed by atoms with Gasteiger partial charge in [-0.15, -0.1) is 0 Å². The van der Waals surface area contributed by atoms with Gasteiger partial charge in [-0.05, 0) is 25.0 Å². The van der Waals surface area contributed by atoms with Gasteiger partial charge in [-0.25, -0.2) is 4.39 Å². The quantitative estimate of drug-likeness (QED) is 0.718. The number of ether oxygens (including phenoxy) is 1. The largest absolute Gasteiger partial charge is 0.494 e. The van der Waals surface area contributed by atoms with Gasteiger partial charge >= 0.3 is 0 Å². The second-order valence-electron chi connectivity index (χ2n) is 3.51. The summed E-state index contributed by atoms with van der Waals surface area (Å²) in [6.07, 6.45) is 2.44. The van der Waals surface area contributed by atoms with Crippen molar-refractivity contribution >= 4 is 5.69 Å². The van der Waals surface area contributed by atoms with Gasteiger partial charge in [-0.2, -0.15) is 0 Å². The van der Waals surface area contributed by atoms with Crippen LogP contribution in [0.3, 0.4) is 0 Å². The fourth-order valence-electron chi connectivity index (χ4n) is 1.82. The molecule has 1 aromatic carbocycles. The molecule has 76 valence electrons. The average Bonchev–Trinajstić information content (AvgIpc) is 2.71. The molecule has 2 nitrogen and oxygen atoms in total. The Bertz CT molecular complexity index is 321. The summed E-state index contributed by atoms with van der Waals surface area (Å²) in [4.78, 5) is 2.25. The van der Waals surface area contributed by atoms with Crippen molar-refractivity contribution in [3.8, 4) is 5.75 Å². The van der Waals surface area contributed by atoms with Crippen LogP contribution < -0.4 is 9.64 Å². The highest BCUT2D eigenvalue weighted by Gasteiger charge is 2.13. The third-order valence-corrected chi connectivity index (χ3v) is 2.61. The van der Waals surface area contributed by atoms with Gasteiger partial charge in [0.05, 0.1) is 7.11 Å². The third-order valence-electron chi connectivity index (χ3n) is 2.61. The molecule has 0 bridgehead atoms.